The average molecular weight is 860 g/mol. The van der Waals surface area contributed by atoms with Crippen molar-refractivity contribution >= 4 is 92.8 Å². The molecule has 0 N–H and O–H groups in total. The van der Waals surface area contributed by atoms with E-state index in [4.69, 9.17) is 0 Å². The molecule has 1 aliphatic rings. The van der Waals surface area contributed by atoms with Crippen LogP contribution in [0.4, 0.5) is 34.1 Å². The molecule has 0 fully saturated rings. The Hall–Kier alpha value is -6.88. The normalized spacial score (nSPS) is 13.7. The number of nitrogens with zero attached hydrogens (tertiary/aromatic N) is 3. The van der Waals surface area contributed by atoms with Crippen molar-refractivity contribution < 1.29 is 0 Å². The summed E-state index contributed by atoms with van der Waals surface area (Å²) >= 11 is 1.92. The highest BCUT2D eigenvalue weighted by Gasteiger charge is 2.42. The quantitative estimate of drug-likeness (QED) is 0.165. The Bertz CT molecular complexity index is 3620. The molecule has 11 aromatic rings. The first kappa shape index (κ1) is 39.7. The Morgan fingerprint density at radius 2 is 1.03 bits per heavy atom. The number of anilines is 6. The van der Waals surface area contributed by atoms with Crippen LogP contribution in [0, 0.1) is 0 Å². The Morgan fingerprint density at radius 1 is 0.477 bits per heavy atom. The number of thiophene rings is 1. The molecular weight excluding hydrogens is 807 g/mol. The lowest BCUT2D eigenvalue weighted by Gasteiger charge is -2.28. The summed E-state index contributed by atoms with van der Waals surface area (Å²) in [6.45, 7) is 18.6. The smallest absolute Gasteiger partial charge is 0.109 e. The van der Waals surface area contributed by atoms with Gasteiger partial charge in [0.05, 0.1) is 16.9 Å². The SMILES string of the molecule is CC(C)(C)c1ccc(N(c2ccccc2)c2ccc3cc4c(cc3c2)-c2c(c3ccc(N(c5ccccc5)c5ccc(C(C)(C)C)cc5)c5c6c7ccccc7sc6n2c35)C4(C)C)cc1. The van der Waals surface area contributed by atoms with Crippen molar-refractivity contribution in [1.29, 1.82) is 0 Å². The lowest BCUT2D eigenvalue weighted by atomic mass is 9.80. The number of para-hydroxylation sites is 2. The van der Waals surface area contributed by atoms with Crippen molar-refractivity contribution in [2.24, 2.45) is 0 Å². The highest BCUT2D eigenvalue weighted by molar-refractivity contribution is 7.25. The molecule has 0 aliphatic heterocycles. The van der Waals surface area contributed by atoms with E-state index in [1.54, 1.807) is 0 Å². The van der Waals surface area contributed by atoms with Crippen LogP contribution in [0.5, 0.6) is 0 Å². The van der Waals surface area contributed by atoms with Crippen LogP contribution in [0.3, 0.4) is 0 Å². The highest BCUT2D eigenvalue weighted by Crippen LogP contribution is 2.59. The van der Waals surface area contributed by atoms with E-state index in [-0.39, 0.29) is 16.2 Å². The van der Waals surface area contributed by atoms with E-state index in [1.165, 1.54) is 86.6 Å². The zero-order valence-corrected chi connectivity index (χ0v) is 39.3. The van der Waals surface area contributed by atoms with Gasteiger partial charge < -0.3 is 9.80 Å². The third kappa shape index (κ3) is 6.00. The van der Waals surface area contributed by atoms with Gasteiger partial charge in [-0.25, -0.2) is 0 Å². The molecular formula is C61H53N3S. The Balaban J connectivity index is 1.11. The summed E-state index contributed by atoms with van der Waals surface area (Å²) in [7, 11) is 0. The van der Waals surface area contributed by atoms with Crippen LogP contribution in [0.2, 0.25) is 0 Å². The van der Waals surface area contributed by atoms with Gasteiger partial charge in [0.15, 0.2) is 0 Å². The molecule has 65 heavy (non-hydrogen) atoms. The fraction of sp³-hybridized carbons (Fsp3) is 0.180. The summed E-state index contributed by atoms with van der Waals surface area (Å²) in [5, 5.41) is 7.79. The Kier molecular flexibility index (Phi) is 8.58. The molecule has 0 atom stereocenters. The molecule has 0 radical (unpaired) electrons. The predicted octanol–water partition coefficient (Wildman–Crippen LogP) is 17.9. The van der Waals surface area contributed by atoms with E-state index in [0.29, 0.717) is 0 Å². The minimum atomic E-state index is -0.221. The van der Waals surface area contributed by atoms with Gasteiger partial charge in [-0.2, -0.15) is 0 Å². The van der Waals surface area contributed by atoms with E-state index in [0.717, 1.165) is 28.4 Å². The van der Waals surface area contributed by atoms with Gasteiger partial charge in [-0.05, 0) is 129 Å². The third-order valence-electron chi connectivity index (χ3n) is 14.2. The molecule has 4 heteroatoms. The first-order valence-corrected chi connectivity index (χ1v) is 23.8. The largest absolute Gasteiger partial charge is 0.310 e. The minimum Gasteiger partial charge on any atom is -0.310 e. The van der Waals surface area contributed by atoms with E-state index < -0.39 is 0 Å². The van der Waals surface area contributed by atoms with E-state index >= 15 is 0 Å². The zero-order valence-electron chi connectivity index (χ0n) is 38.5. The summed E-state index contributed by atoms with van der Waals surface area (Å²) in [6, 6.07) is 65.9. The summed E-state index contributed by atoms with van der Waals surface area (Å²) in [5.74, 6) is 0. The maximum atomic E-state index is 2.66. The van der Waals surface area contributed by atoms with E-state index in [2.05, 4.69) is 246 Å². The molecule has 318 valence electrons. The fourth-order valence-corrected chi connectivity index (χ4v) is 12.1. The van der Waals surface area contributed by atoms with Crippen molar-refractivity contribution in [1.82, 2.24) is 4.40 Å². The topological polar surface area (TPSA) is 10.9 Å². The monoisotopic (exact) mass is 859 g/mol. The van der Waals surface area contributed by atoms with E-state index in [9.17, 15) is 0 Å². The molecule has 0 unspecified atom stereocenters. The standard InChI is InChI=1S/C61H53N3S/c1-59(2,3)40-24-29-44(30-25-40)62(42-17-11-9-12-18-42)46-28-23-38-37-50-49(36-39(38)35-46)57-55(61(50,7)8)48-33-34-51(54-53-47-21-15-16-22-52(47)65-58(53)64(57)56(48)54)63(43-19-13-10-14-20-43)45-31-26-41(27-32-45)60(4,5)6/h9-37H,1-8H3. The second-order valence-corrected chi connectivity index (χ2v) is 21.7. The van der Waals surface area contributed by atoms with Crippen molar-refractivity contribution in [3.63, 3.8) is 0 Å². The molecule has 0 bridgehead atoms. The van der Waals surface area contributed by atoms with Crippen LogP contribution in [0.1, 0.15) is 77.6 Å². The van der Waals surface area contributed by atoms with Gasteiger partial charge >= 0.3 is 0 Å². The first-order valence-electron chi connectivity index (χ1n) is 23.0. The zero-order chi connectivity index (χ0) is 44.6. The van der Waals surface area contributed by atoms with Gasteiger partial charge in [0.25, 0.3) is 0 Å². The molecule has 0 spiro atoms. The Labute approximate surface area is 386 Å². The number of hydrogen-bond acceptors (Lipinski definition) is 3. The third-order valence-corrected chi connectivity index (χ3v) is 15.3. The molecule has 3 heterocycles. The van der Waals surface area contributed by atoms with Gasteiger partial charge in [0.1, 0.15) is 4.83 Å². The molecule has 8 aromatic carbocycles. The number of hydrogen-bond donors (Lipinski definition) is 0. The van der Waals surface area contributed by atoms with Gasteiger partial charge in [-0.3, -0.25) is 4.40 Å². The summed E-state index contributed by atoms with van der Waals surface area (Å²) in [4.78, 5) is 6.18. The number of fused-ring (bicyclic) bond motifs is 11. The van der Waals surface area contributed by atoms with Gasteiger partial charge in [0.2, 0.25) is 0 Å². The summed E-state index contributed by atoms with van der Waals surface area (Å²) in [5.41, 5.74) is 16.3. The van der Waals surface area contributed by atoms with Gasteiger partial charge in [-0.1, -0.05) is 146 Å². The maximum absolute atomic E-state index is 2.66. The van der Waals surface area contributed by atoms with Crippen LogP contribution < -0.4 is 9.80 Å². The minimum absolute atomic E-state index is 0.0601. The van der Waals surface area contributed by atoms with Crippen LogP contribution in [-0.4, -0.2) is 4.40 Å². The second kappa shape index (κ2) is 14.1. The Morgan fingerprint density at radius 3 is 1.66 bits per heavy atom. The molecule has 0 saturated carbocycles. The molecule has 0 saturated heterocycles. The van der Waals surface area contributed by atoms with Gasteiger partial charge in [0, 0.05) is 65.7 Å². The summed E-state index contributed by atoms with van der Waals surface area (Å²) < 4.78 is 3.97. The molecule has 12 rings (SSSR count). The number of aromatic nitrogens is 1. The van der Waals surface area contributed by atoms with Crippen molar-refractivity contribution in [2.75, 3.05) is 9.80 Å². The van der Waals surface area contributed by atoms with Crippen molar-refractivity contribution in [3.8, 4) is 11.3 Å². The second-order valence-electron chi connectivity index (χ2n) is 20.7. The molecule has 0 amide bonds. The highest BCUT2D eigenvalue weighted by atomic mass is 32.1. The number of rotatable bonds is 6. The summed E-state index contributed by atoms with van der Waals surface area (Å²) in [6.07, 6.45) is 0. The predicted molar refractivity (Wildman–Crippen MR) is 281 cm³/mol. The first-order chi connectivity index (χ1) is 31.3. The van der Waals surface area contributed by atoms with Gasteiger partial charge in [-0.15, -0.1) is 11.3 Å². The van der Waals surface area contributed by atoms with E-state index in [1.807, 2.05) is 11.3 Å². The van der Waals surface area contributed by atoms with Crippen molar-refractivity contribution in [2.45, 2.75) is 71.6 Å². The van der Waals surface area contributed by atoms with Crippen LogP contribution in [0.15, 0.2) is 176 Å². The number of benzene rings is 8. The lowest BCUT2D eigenvalue weighted by molar-refractivity contribution is 0.590. The average Bonchev–Trinajstić information content (AvgIpc) is 4.01. The van der Waals surface area contributed by atoms with Crippen LogP contribution >= 0.6 is 11.3 Å². The molecule has 3 aromatic heterocycles. The lowest BCUT2D eigenvalue weighted by Crippen LogP contribution is -2.15. The fourth-order valence-electron chi connectivity index (χ4n) is 10.8. The molecule has 1 aliphatic carbocycles. The van der Waals surface area contributed by atoms with Crippen molar-refractivity contribution in [3.05, 3.63) is 198 Å². The molecule has 3 nitrogen and oxygen atoms in total. The van der Waals surface area contributed by atoms with Crippen LogP contribution in [0.25, 0.3) is 58.6 Å². The van der Waals surface area contributed by atoms with Crippen LogP contribution in [-0.2, 0) is 16.2 Å². The maximum Gasteiger partial charge on any atom is 0.109 e.